The first-order chi connectivity index (χ1) is 23.4. The molecule has 1 aliphatic heterocycles. The molecular weight excluding hydrogens is 703 g/mol. The molecule has 1 aliphatic rings. The van der Waals surface area contributed by atoms with Gasteiger partial charge in [-0.1, -0.05) is 35.3 Å². The fourth-order valence-electron chi connectivity index (χ4n) is 5.02. The number of amides is 2. The number of hydrogen-bond donors (Lipinski definition) is 5. The van der Waals surface area contributed by atoms with Gasteiger partial charge >= 0.3 is 0 Å². The molecule has 14 nitrogen and oxygen atoms in total. The van der Waals surface area contributed by atoms with Crippen molar-refractivity contribution in [2.24, 2.45) is 0 Å². The zero-order valence-corrected chi connectivity index (χ0v) is 30.0. The van der Waals surface area contributed by atoms with Crippen LogP contribution in [0, 0.1) is 0 Å². The Morgan fingerprint density at radius 1 is 0.857 bits per heavy atom. The number of nitrogens with one attached hydrogen (secondary N) is 3. The predicted octanol–water partition coefficient (Wildman–Crippen LogP) is 0.890. The van der Waals surface area contributed by atoms with Crippen LogP contribution >= 0.6 is 23.2 Å². The summed E-state index contributed by atoms with van der Waals surface area (Å²) in [5, 5.41) is 25.6. The lowest BCUT2D eigenvalue weighted by Gasteiger charge is -2.33. The van der Waals surface area contributed by atoms with E-state index in [0.717, 1.165) is 23.2 Å². The van der Waals surface area contributed by atoms with E-state index in [4.69, 9.17) is 42.1 Å². The van der Waals surface area contributed by atoms with E-state index in [1.54, 1.807) is 25.1 Å². The smallest absolute Gasteiger partial charge is 0.252 e. The molecule has 3 rings (SSSR count). The van der Waals surface area contributed by atoms with Gasteiger partial charge in [-0.15, -0.1) is 0 Å². The zero-order chi connectivity index (χ0) is 35.8. The summed E-state index contributed by atoms with van der Waals surface area (Å²) in [4.78, 5) is 26.0. The minimum Gasteiger partial charge on any atom is -0.380 e. The van der Waals surface area contributed by atoms with Gasteiger partial charge < -0.3 is 44.7 Å². The molecule has 5 N–H and O–H groups in total. The molecule has 17 heteroatoms. The van der Waals surface area contributed by atoms with Crippen molar-refractivity contribution in [3.05, 3.63) is 63.1 Å². The Kier molecular flexibility index (Phi) is 17.6. The van der Waals surface area contributed by atoms with Crippen LogP contribution in [0.1, 0.15) is 29.5 Å². The summed E-state index contributed by atoms with van der Waals surface area (Å²) in [5.41, 5.74) is 3.04. The number of carbonyl (C=O) groups is 2. The Balaban J connectivity index is 1.24. The monoisotopic (exact) mass is 748 g/mol. The molecule has 0 saturated carbocycles. The maximum absolute atomic E-state index is 12.8. The van der Waals surface area contributed by atoms with E-state index in [9.17, 15) is 28.2 Å². The lowest BCUT2D eigenvalue weighted by Crippen LogP contribution is -2.50. The fraction of sp³-hybridized carbons (Fsp3) is 0.562. The highest BCUT2D eigenvalue weighted by atomic mass is 35.5. The van der Waals surface area contributed by atoms with E-state index in [-0.39, 0.29) is 76.7 Å². The highest BCUT2D eigenvalue weighted by Gasteiger charge is 2.30. The second-order valence-corrected chi connectivity index (χ2v) is 13.8. The number of benzene rings is 2. The summed E-state index contributed by atoms with van der Waals surface area (Å²) < 4.78 is 49.4. The molecule has 2 aromatic rings. The van der Waals surface area contributed by atoms with Gasteiger partial charge in [0.05, 0.1) is 51.1 Å². The SMILES string of the molecule is CCOCCNC(=O)C(O)C(O)C(=O)NCCOCCOCCOCCNS(=O)(=O)c1ccc([C@H]2CN(C)Cc3c(Cl)cc(Cl)cc32)cc1. The van der Waals surface area contributed by atoms with Crippen molar-refractivity contribution in [1.82, 2.24) is 20.3 Å². The Labute approximate surface area is 297 Å². The molecule has 0 fully saturated rings. The number of hydrogen-bond acceptors (Lipinski definition) is 11. The van der Waals surface area contributed by atoms with Gasteiger partial charge in [0.25, 0.3) is 11.8 Å². The molecule has 2 aromatic carbocycles. The zero-order valence-electron chi connectivity index (χ0n) is 27.7. The number of nitrogens with zero attached hydrogens (tertiary/aromatic N) is 1. The van der Waals surface area contributed by atoms with Crippen LogP contribution in [0.4, 0.5) is 0 Å². The van der Waals surface area contributed by atoms with Crippen LogP contribution in [0.15, 0.2) is 41.3 Å². The van der Waals surface area contributed by atoms with Gasteiger partial charge in [-0.25, -0.2) is 13.1 Å². The average Bonchev–Trinajstić information content (AvgIpc) is 3.08. The van der Waals surface area contributed by atoms with E-state index in [2.05, 4.69) is 20.3 Å². The van der Waals surface area contributed by atoms with E-state index in [0.29, 0.717) is 23.2 Å². The summed E-state index contributed by atoms with van der Waals surface area (Å²) in [6, 6.07) is 10.5. The van der Waals surface area contributed by atoms with Gasteiger partial charge in [-0.2, -0.15) is 0 Å². The minimum absolute atomic E-state index is 0.00364. The molecule has 0 radical (unpaired) electrons. The topological polar surface area (TPSA) is 185 Å². The molecule has 49 heavy (non-hydrogen) atoms. The summed E-state index contributed by atoms with van der Waals surface area (Å²) in [7, 11) is -1.72. The van der Waals surface area contributed by atoms with Crippen molar-refractivity contribution < 1.29 is 47.2 Å². The molecule has 3 atom stereocenters. The van der Waals surface area contributed by atoms with Gasteiger partial charge in [-0.3, -0.25) is 9.59 Å². The van der Waals surface area contributed by atoms with Crippen LogP contribution in [0.3, 0.4) is 0 Å². The van der Waals surface area contributed by atoms with Crippen molar-refractivity contribution in [3.8, 4) is 0 Å². The number of fused-ring (bicyclic) bond motifs is 1. The maximum Gasteiger partial charge on any atom is 0.252 e. The molecule has 0 saturated heterocycles. The fourth-order valence-corrected chi connectivity index (χ4v) is 6.60. The van der Waals surface area contributed by atoms with Crippen LogP contribution in [0.5, 0.6) is 0 Å². The highest BCUT2D eigenvalue weighted by molar-refractivity contribution is 7.89. The lowest BCUT2D eigenvalue weighted by molar-refractivity contribution is -0.146. The van der Waals surface area contributed by atoms with Crippen molar-refractivity contribution in [2.45, 2.75) is 36.5 Å². The van der Waals surface area contributed by atoms with Gasteiger partial charge in [0.1, 0.15) is 0 Å². The summed E-state index contributed by atoms with van der Waals surface area (Å²) in [6.07, 6.45) is -3.83. The maximum atomic E-state index is 12.8. The first-order valence-corrected chi connectivity index (χ1v) is 18.2. The third-order valence-electron chi connectivity index (χ3n) is 7.50. The minimum atomic E-state index is -3.73. The molecule has 1 heterocycles. The molecule has 2 unspecified atom stereocenters. The standard InChI is InChI=1S/C32H46Cl2N4O10S/c1-3-45-11-8-35-31(41)29(39)30(40)32(42)36-9-12-46-14-16-48-17-15-47-13-10-37-49(43,44)24-6-4-22(5-7-24)26-20-38(2)21-27-25(26)18-23(33)19-28(27)34/h4-7,18-19,26,29-30,37,39-40H,3,8-17,20-21H2,1-2H3,(H,35,41)(H,36,42)/t26-,29?,30?/m1/s1. The summed E-state index contributed by atoms with van der Waals surface area (Å²) in [5.74, 6) is -1.78. The third-order valence-corrected chi connectivity index (χ3v) is 9.53. The number of aliphatic hydroxyl groups excluding tert-OH is 2. The van der Waals surface area contributed by atoms with Crippen LogP contribution in [-0.2, 0) is 45.1 Å². The Hall–Kier alpha value is -2.41. The van der Waals surface area contributed by atoms with Crippen molar-refractivity contribution in [3.63, 3.8) is 0 Å². The molecular formula is C32H46Cl2N4O10S. The number of carbonyl (C=O) groups excluding carboxylic acids is 2. The first-order valence-electron chi connectivity index (χ1n) is 15.9. The largest absolute Gasteiger partial charge is 0.380 e. The van der Waals surface area contributed by atoms with E-state index >= 15 is 0 Å². The molecule has 0 aliphatic carbocycles. The van der Waals surface area contributed by atoms with Crippen molar-refractivity contribution in [1.29, 1.82) is 0 Å². The lowest BCUT2D eigenvalue weighted by atomic mass is 9.85. The average molecular weight is 750 g/mol. The first kappa shape index (κ1) is 41.0. The quantitative estimate of drug-likeness (QED) is 0.108. The number of ether oxygens (including phenoxy) is 4. The van der Waals surface area contributed by atoms with Crippen molar-refractivity contribution in [2.75, 3.05) is 86.1 Å². The van der Waals surface area contributed by atoms with E-state index in [1.165, 1.54) is 0 Å². The third kappa shape index (κ3) is 13.3. The van der Waals surface area contributed by atoms with Gasteiger partial charge in [0, 0.05) is 55.3 Å². The van der Waals surface area contributed by atoms with Gasteiger partial charge in [0.2, 0.25) is 10.0 Å². The van der Waals surface area contributed by atoms with Gasteiger partial charge in [-0.05, 0) is 54.9 Å². The Bertz CT molecular complexity index is 1450. The number of halogens is 2. The predicted molar refractivity (Wildman–Crippen MR) is 183 cm³/mol. The van der Waals surface area contributed by atoms with E-state index in [1.807, 2.05) is 25.2 Å². The molecule has 2 amide bonds. The molecule has 0 aromatic heterocycles. The Morgan fingerprint density at radius 2 is 1.39 bits per heavy atom. The second-order valence-electron chi connectivity index (χ2n) is 11.2. The number of aliphatic hydroxyl groups is 2. The van der Waals surface area contributed by atoms with Crippen LogP contribution in [0.2, 0.25) is 10.0 Å². The molecule has 0 bridgehead atoms. The van der Waals surface area contributed by atoms with Crippen molar-refractivity contribution >= 4 is 45.0 Å². The van der Waals surface area contributed by atoms with Crippen LogP contribution in [-0.4, -0.2) is 134 Å². The normalized spacial score (nSPS) is 16.2. The second kappa shape index (κ2) is 21.1. The molecule has 274 valence electrons. The Morgan fingerprint density at radius 3 is 1.96 bits per heavy atom. The van der Waals surface area contributed by atoms with Crippen LogP contribution < -0.4 is 15.4 Å². The number of likely N-dealkylation sites (N-methyl/N-ethyl adjacent to an activating group) is 1. The number of rotatable bonds is 22. The highest BCUT2D eigenvalue weighted by Crippen LogP contribution is 2.38. The number of sulfonamides is 1. The summed E-state index contributed by atoms with van der Waals surface area (Å²) in [6.45, 7) is 5.52. The summed E-state index contributed by atoms with van der Waals surface area (Å²) >= 11 is 12.7. The molecule has 0 spiro atoms. The van der Waals surface area contributed by atoms with E-state index < -0.39 is 34.0 Å². The van der Waals surface area contributed by atoms with Gasteiger partial charge in [0.15, 0.2) is 12.2 Å². The van der Waals surface area contributed by atoms with Crippen LogP contribution in [0.25, 0.3) is 0 Å².